The third-order valence-corrected chi connectivity index (χ3v) is 5.66. The van der Waals surface area contributed by atoms with Gasteiger partial charge in [-0.2, -0.15) is 0 Å². The summed E-state index contributed by atoms with van der Waals surface area (Å²) >= 11 is 0. The number of hydrogen-bond acceptors (Lipinski definition) is 4. The maximum atomic E-state index is 13.8. The summed E-state index contributed by atoms with van der Waals surface area (Å²) in [6.07, 6.45) is -0.0636. The van der Waals surface area contributed by atoms with Crippen molar-refractivity contribution in [2.75, 3.05) is 18.5 Å². The van der Waals surface area contributed by atoms with Crippen molar-refractivity contribution in [1.82, 2.24) is 4.90 Å². The second kappa shape index (κ2) is 9.77. The van der Waals surface area contributed by atoms with Gasteiger partial charge in [0.25, 0.3) is 0 Å². The van der Waals surface area contributed by atoms with Crippen LogP contribution >= 0.6 is 0 Å². The van der Waals surface area contributed by atoms with Gasteiger partial charge in [0.1, 0.15) is 12.4 Å². The van der Waals surface area contributed by atoms with E-state index >= 15 is 0 Å². The third-order valence-electron chi connectivity index (χ3n) is 5.66. The molecule has 0 fully saturated rings. The Labute approximate surface area is 187 Å². The number of hydrogen-bond donors (Lipinski definition) is 1. The molecule has 0 saturated carbocycles. The normalized spacial score (nSPS) is 16.2. The van der Waals surface area contributed by atoms with Crippen LogP contribution in [-0.2, 0) is 19.1 Å². The fraction of sp³-hybridized carbons (Fsp3) is 0.320. The smallest absolute Gasteiger partial charge is 0.336 e. The van der Waals surface area contributed by atoms with Gasteiger partial charge in [0.05, 0.1) is 12.2 Å². The molecule has 0 saturated heterocycles. The number of carbonyl (C=O) groups is 3. The number of esters is 1. The first-order chi connectivity index (χ1) is 15.2. The molecule has 0 aliphatic carbocycles. The number of aryl methyl sites for hydroxylation is 2. The van der Waals surface area contributed by atoms with Crippen molar-refractivity contribution in [3.05, 3.63) is 76.2 Å². The van der Waals surface area contributed by atoms with Gasteiger partial charge >= 0.3 is 5.97 Å². The average Bonchev–Trinajstić information content (AvgIpc) is 2.73. The van der Waals surface area contributed by atoms with Crippen LogP contribution in [0.3, 0.4) is 0 Å². The summed E-state index contributed by atoms with van der Waals surface area (Å²) in [5, 5.41) is 2.80. The number of allylic oxidation sites excluding steroid dienone is 1. The Morgan fingerprint density at radius 3 is 2.53 bits per heavy atom. The molecule has 1 N–H and O–H groups in total. The van der Waals surface area contributed by atoms with Gasteiger partial charge < -0.3 is 15.0 Å². The number of nitrogens with one attached hydrogen (secondary N) is 1. The zero-order valence-electron chi connectivity index (χ0n) is 18.7. The molecule has 0 aromatic heterocycles. The van der Waals surface area contributed by atoms with Crippen LogP contribution in [0.1, 0.15) is 42.9 Å². The van der Waals surface area contributed by atoms with Crippen molar-refractivity contribution in [3.63, 3.8) is 0 Å². The fourth-order valence-electron chi connectivity index (χ4n) is 3.85. The van der Waals surface area contributed by atoms with Crippen LogP contribution in [0.4, 0.5) is 10.1 Å². The lowest BCUT2D eigenvalue weighted by atomic mass is 9.83. The highest BCUT2D eigenvalue weighted by Crippen LogP contribution is 2.37. The number of anilines is 1. The average molecular weight is 438 g/mol. The highest BCUT2D eigenvalue weighted by Gasteiger charge is 2.37. The van der Waals surface area contributed by atoms with Crippen LogP contribution in [0.2, 0.25) is 0 Å². The summed E-state index contributed by atoms with van der Waals surface area (Å²) in [5.74, 6) is -2.37. The SMILES string of the molecule is CCOC(=O)C1=C(C)N(CC(=O)Nc2ccc(C)c(C)c2)C(=O)CC1c1cccc(F)c1. The Balaban J connectivity index is 1.90. The second-order valence-electron chi connectivity index (χ2n) is 7.86. The van der Waals surface area contributed by atoms with E-state index in [4.69, 9.17) is 4.74 Å². The van der Waals surface area contributed by atoms with Gasteiger partial charge in [0.2, 0.25) is 11.8 Å². The second-order valence-corrected chi connectivity index (χ2v) is 7.86. The molecule has 1 aliphatic rings. The Hall–Kier alpha value is -3.48. The maximum absolute atomic E-state index is 13.8. The first-order valence-corrected chi connectivity index (χ1v) is 10.5. The third kappa shape index (κ3) is 5.04. The van der Waals surface area contributed by atoms with Crippen LogP contribution < -0.4 is 5.32 Å². The molecule has 1 aliphatic heterocycles. The number of rotatable bonds is 6. The molecule has 32 heavy (non-hydrogen) atoms. The van der Waals surface area contributed by atoms with Crippen LogP contribution in [0.5, 0.6) is 0 Å². The molecule has 2 aromatic carbocycles. The van der Waals surface area contributed by atoms with E-state index in [2.05, 4.69) is 5.32 Å². The van der Waals surface area contributed by atoms with Crippen LogP contribution in [-0.4, -0.2) is 35.8 Å². The molecule has 6 nitrogen and oxygen atoms in total. The molecule has 1 heterocycles. The lowest BCUT2D eigenvalue weighted by Crippen LogP contribution is -2.42. The maximum Gasteiger partial charge on any atom is 0.336 e. The zero-order chi connectivity index (χ0) is 23.4. The molecule has 1 atom stereocenters. The summed E-state index contributed by atoms with van der Waals surface area (Å²) in [6.45, 7) is 7.15. The van der Waals surface area contributed by atoms with E-state index in [9.17, 15) is 18.8 Å². The van der Waals surface area contributed by atoms with Gasteiger partial charge in [-0.1, -0.05) is 18.2 Å². The number of halogens is 1. The molecule has 168 valence electrons. The van der Waals surface area contributed by atoms with Crippen molar-refractivity contribution in [2.45, 2.75) is 40.0 Å². The predicted molar refractivity (Wildman–Crippen MR) is 119 cm³/mol. The minimum atomic E-state index is -0.642. The lowest BCUT2D eigenvalue weighted by molar-refractivity contribution is -0.140. The molecular formula is C25H27FN2O4. The molecule has 3 rings (SSSR count). The van der Waals surface area contributed by atoms with Crippen molar-refractivity contribution < 1.29 is 23.5 Å². The summed E-state index contributed by atoms with van der Waals surface area (Å²) in [4.78, 5) is 39.7. The van der Waals surface area contributed by atoms with E-state index in [1.165, 1.54) is 23.1 Å². The minimum absolute atomic E-state index is 0.0636. The van der Waals surface area contributed by atoms with Gasteiger partial charge in [-0.15, -0.1) is 0 Å². The largest absolute Gasteiger partial charge is 0.463 e. The van der Waals surface area contributed by atoms with Crippen LogP contribution in [0.15, 0.2) is 53.7 Å². The Morgan fingerprint density at radius 1 is 1.12 bits per heavy atom. The number of amides is 2. The summed E-state index contributed by atoms with van der Waals surface area (Å²) < 4.78 is 19.0. The monoisotopic (exact) mass is 438 g/mol. The van der Waals surface area contributed by atoms with Gasteiger partial charge in [-0.05, 0) is 68.7 Å². The molecule has 1 unspecified atom stereocenters. The highest BCUT2D eigenvalue weighted by atomic mass is 19.1. The molecule has 0 radical (unpaired) electrons. The first-order valence-electron chi connectivity index (χ1n) is 10.5. The fourth-order valence-corrected chi connectivity index (χ4v) is 3.85. The number of carbonyl (C=O) groups excluding carboxylic acids is 3. The molecule has 2 amide bonds. The molecule has 2 aromatic rings. The highest BCUT2D eigenvalue weighted by molar-refractivity contribution is 5.99. The van der Waals surface area contributed by atoms with Crippen molar-refractivity contribution >= 4 is 23.5 Å². The van der Waals surface area contributed by atoms with Crippen LogP contribution in [0, 0.1) is 19.7 Å². The summed E-state index contributed by atoms with van der Waals surface area (Å²) in [5.41, 5.74) is 3.89. The van der Waals surface area contributed by atoms with E-state index in [1.807, 2.05) is 26.0 Å². The summed E-state index contributed by atoms with van der Waals surface area (Å²) in [6, 6.07) is 11.4. The quantitative estimate of drug-likeness (QED) is 0.685. The standard InChI is InChI=1S/C25H27FN2O4/c1-5-32-25(31)24-17(4)28(14-22(29)27-20-10-9-15(2)16(3)11-20)23(30)13-21(24)18-7-6-8-19(26)12-18/h6-12,21H,5,13-14H2,1-4H3,(H,27,29). The van der Waals surface area contributed by atoms with E-state index in [0.717, 1.165) is 11.1 Å². The van der Waals surface area contributed by atoms with Gasteiger partial charge in [0, 0.05) is 23.7 Å². The first kappa shape index (κ1) is 23.2. The van der Waals surface area contributed by atoms with Gasteiger partial charge in [-0.3, -0.25) is 9.59 Å². The summed E-state index contributed by atoms with van der Waals surface area (Å²) in [7, 11) is 0. The Morgan fingerprint density at radius 2 is 1.88 bits per heavy atom. The van der Waals surface area contributed by atoms with E-state index in [0.29, 0.717) is 16.9 Å². The van der Waals surface area contributed by atoms with E-state index < -0.39 is 17.7 Å². The Bertz CT molecular complexity index is 1090. The topological polar surface area (TPSA) is 75.7 Å². The van der Waals surface area contributed by atoms with Crippen LogP contribution in [0.25, 0.3) is 0 Å². The van der Waals surface area contributed by atoms with E-state index in [1.54, 1.807) is 26.0 Å². The van der Waals surface area contributed by atoms with Crippen molar-refractivity contribution in [1.29, 1.82) is 0 Å². The van der Waals surface area contributed by atoms with Crippen molar-refractivity contribution in [2.24, 2.45) is 0 Å². The van der Waals surface area contributed by atoms with Gasteiger partial charge in [-0.25, -0.2) is 9.18 Å². The number of nitrogens with zero attached hydrogens (tertiary/aromatic N) is 1. The molecule has 7 heteroatoms. The minimum Gasteiger partial charge on any atom is -0.463 e. The van der Waals surface area contributed by atoms with Gasteiger partial charge in [0.15, 0.2) is 0 Å². The Kier molecular flexibility index (Phi) is 7.08. The van der Waals surface area contributed by atoms with Crippen molar-refractivity contribution in [3.8, 4) is 0 Å². The molecule has 0 bridgehead atoms. The molecular weight excluding hydrogens is 411 g/mol. The lowest BCUT2D eigenvalue weighted by Gasteiger charge is -2.34. The van der Waals surface area contributed by atoms with E-state index in [-0.39, 0.29) is 37.0 Å². The predicted octanol–water partition coefficient (Wildman–Crippen LogP) is 4.23. The molecule has 0 spiro atoms. The zero-order valence-corrected chi connectivity index (χ0v) is 18.7. The number of ether oxygens (including phenoxy) is 1. The number of benzene rings is 2.